The summed E-state index contributed by atoms with van der Waals surface area (Å²) in [5, 5.41) is 2.77. The summed E-state index contributed by atoms with van der Waals surface area (Å²) in [6.07, 6.45) is 0. The molecule has 0 amide bonds. The van der Waals surface area contributed by atoms with Crippen LogP contribution in [0.1, 0.15) is 22.0 Å². The summed E-state index contributed by atoms with van der Waals surface area (Å²) in [6.45, 7) is 0. The van der Waals surface area contributed by atoms with Crippen LogP contribution < -0.4 is 0 Å². The van der Waals surface area contributed by atoms with E-state index in [0.29, 0.717) is 5.56 Å². The van der Waals surface area contributed by atoms with Crippen molar-refractivity contribution >= 4 is 15.8 Å². The number of ether oxygens (including phenoxy) is 1. The van der Waals surface area contributed by atoms with E-state index in [0.717, 1.165) is 0 Å². The van der Waals surface area contributed by atoms with E-state index in [2.05, 4.69) is 9.91 Å². The first-order valence-corrected chi connectivity index (χ1v) is 6.42. The molecule has 0 bridgehead atoms. The molecule has 90 valence electrons. The molecule has 0 saturated carbocycles. The zero-order valence-corrected chi connectivity index (χ0v) is 9.73. The van der Waals surface area contributed by atoms with Gasteiger partial charge in [-0.05, 0) is 17.7 Å². The van der Waals surface area contributed by atoms with Crippen molar-refractivity contribution in [3.63, 3.8) is 0 Å². The number of fused-ring (bicyclic) bond motifs is 1. The van der Waals surface area contributed by atoms with Crippen LogP contribution in [0.2, 0.25) is 0 Å². The molecule has 1 aromatic carbocycles. The number of rotatable bonds is 2. The number of sulfone groups is 1. The lowest BCUT2D eigenvalue weighted by Crippen LogP contribution is -2.04. The zero-order valence-electron chi connectivity index (χ0n) is 8.91. The van der Waals surface area contributed by atoms with Crippen LogP contribution in [0.15, 0.2) is 28.3 Å². The molecule has 17 heavy (non-hydrogen) atoms. The Morgan fingerprint density at radius 3 is 2.76 bits per heavy atom. The first-order chi connectivity index (χ1) is 7.99. The lowest BCUT2D eigenvalue weighted by atomic mass is 10.1. The number of nitrogens with zero attached hydrogens (tertiary/aromatic N) is 1. The summed E-state index contributed by atoms with van der Waals surface area (Å²) in [4.78, 5) is 21.8. The average molecular weight is 255 g/mol. The van der Waals surface area contributed by atoms with E-state index in [-0.39, 0.29) is 16.2 Å². The van der Waals surface area contributed by atoms with Crippen molar-refractivity contribution in [3.8, 4) is 0 Å². The zero-order chi connectivity index (χ0) is 12.6. The first-order valence-electron chi connectivity index (χ1n) is 4.77. The van der Waals surface area contributed by atoms with E-state index in [4.69, 9.17) is 0 Å². The van der Waals surface area contributed by atoms with E-state index in [1.807, 2.05) is 0 Å². The van der Waals surface area contributed by atoms with Crippen LogP contribution in [0.4, 0.5) is 0 Å². The highest BCUT2D eigenvalue weighted by atomic mass is 32.2. The fourth-order valence-electron chi connectivity index (χ4n) is 1.80. The topological polar surface area (TPSA) is 89.9 Å². The van der Waals surface area contributed by atoms with E-state index < -0.39 is 21.8 Å². The minimum Gasteiger partial charge on any atom is -0.465 e. The lowest BCUT2D eigenvalue weighted by Gasteiger charge is -2.03. The number of methoxy groups -OCH3 is 1. The third-order valence-corrected chi connectivity index (χ3v) is 4.41. The Morgan fingerprint density at radius 1 is 1.47 bits per heavy atom. The Morgan fingerprint density at radius 2 is 2.18 bits per heavy atom. The normalized spacial score (nSPS) is 20.6. The van der Waals surface area contributed by atoms with Crippen molar-refractivity contribution in [2.75, 3.05) is 12.9 Å². The number of hydrogen-bond donors (Lipinski definition) is 0. The summed E-state index contributed by atoms with van der Waals surface area (Å²) in [5.41, 5.74) is 0.481. The molecule has 0 saturated heterocycles. The number of benzene rings is 1. The third-order valence-electron chi connectivity index (χ3n) is 2.63. The van der Waals surface area contributed by atoms with Crippen molar-refractivity contribution in [1.29, 1.82) is 0 Å². The largest absolute Gasteiger partial charge is 0.465 e. The molecule has 1 aliphatic heterocycles. The minimum atomic E-state index is -3.53. The number of carbonyl (C=O) groups excluding carboxylic acids is 1. The summed E-state index contributed by atoms with van der Waals surface area (Å²) >= 11 is 0. The van der Waals surface area contributed by atoms with Crippen LogP contribution in [-0.4, -0.2) is 27.2 Å². The maximum atomic E-state index is 11.7. The molecule has 0 fully saturated rings. The Hall–Kier alpha value is -1.76. The van der Waals surface area contributed by atoms with Crippen molar-refractivity contribution in [2.24, 2.45) is 5.18 Å². The number of esters is 1. The number of hydrogen-bond acceptors (Lipinski definition) is 6. The van der Waals surface area contributed by atoms with Gasteiger partial charge in [-0.2, -0.15) is 4.91 Å². The standard InChI is InChI=1S/C10H9NO5S/c1-16-10(12)6-2-3-7-8(11-13)5-17(14,15)9(7)4-6/h2-4,8H,5H2,1H3. The molecule has 1 heterocycles. The maximum Gasteiger partial charge on any atom is 0.337 e. The van der Waals surface area contributed by atoms with E-state index in [9.17, 15) is 18.1 Å². The van der Waals surface area contributed by atoms with E-state index in [1.165, 1.54) is 25.3 Å². The Kier molecular flexibility index (Phi) is 2.70. The van der Waals surface area contributed by atoms with Crippen LogP contribution in [0.5, 0.6) is 0 Å². The molecule has 1 aliphatic rings. The fourth-order valence-corrected chi connectivity index (χ4v) is 3.50. The molecule has 7 heteroatoms. The summed E-state index contributed by atoms with van der Waals surface area (Å²) < 4.78 is 28.0. The second-order valence-corrected chi connectivity index (χ2v) is 5.65. The highest BCUT2D eigenvalue weighted by Crippen LogP contribution is 2.36. The predicted molar refractivity (Wildman–Crippen MR) is 58.4 cm³/mol. The van der Waals surface area contributed by atoms with Crippen molar-refractivity contribution < 1.29 is 17.9 Å². The Bertz CT molecular complexity index is 593. The van der Waals surface area contributed by atoms with Crippen LogP contribution in [0.25, 0.3) is 0 Å². The highest BCUT2D eigenvalue weighted by molar-refractivity contribution is 7.91. The molecule has 6 nitrogen and oxygen atoms in total. The molecule has 0 aromatic heterocycles. The first kappa shape index (κ1) is 11.7. The average Bonchev–Trinajstić information content (AvgIpc) is 2.59. The highest BCUT2D eigenvalue weighted by Gasteiger charge is 2.36. The predicted octanol–water partition coefficient (Wildman–Crippen LogP) is 1.07. The molecule has 2 rings (SSSR count). The molecular formula is C10H9NO5S. The number of nitroso groups, excluding NO2 is 1. The van der Waals surface area contributed by atoms with Gasteiger partial charge in [-0.1, -0.05) is 11.2 Å². The van der Waals surface area contributed by atoms with E-state index >= 15 is 0 Å². The summed E-state index contributed by atoms with van der Waals surface area (Å²) in [6, 6.07) is 3.19. The smallest absolute Gasteiger partial charge is 0.337 e. The van der Waals surface area contributed by atoms with Gasteiger partial charge in [-0.25, -0.2) is 13.2 Å². The molecule has 1 atom stereocenters. The SMILES string of the molecule is COC(=O)c1ccc2c(c1)S(=O)(=O)CC2N=O. The quantitative estimate of drug-likeness (QED) is 0.582. The third kappa shape index (κ3) is 1.82. The van der Waals surface area contributed by atoms with Gasteiger partial charge in [0.05, 0.1) is 23.3 Å². The van der Waals surface area contributed by atoms with Crippen LogP contribution in [0, 0.1) is 4.91 Å². The molecule has 1 aromatic rings. The van der Waals surface area contributed by atoms with Crippen LogP contribution >= 0.6 is 0 Å². The maximum absolute atomic E-state index is 11.7. The molecular weight excluding hydrogens is 246 g/mol. The van der Waals surface area contributed by atoms with Gasteiger partial charge in [0.2, 0.25) is 0 Å². The van der Waals surface area contributed by atoms with Crippen molar-refractivity contribution in [2.45, 2.75) is 10.9 Å². The fraction of sp³-hybridized carbons (Fsp3) is 0.300. The second kappa shape index (κ2) is 3.92. The second-order valence-electron chi connectivity index (χ2n) is 3.65. The van der Waals surface area contributed by atoms with Gasteiger partial charge in [-0.15, -0.1) is 0 Å². The monoisotopic (exact) mass is 255 g/mol. The summed E-state index contributed by atoms with van der Waals surface area (Å²) in [7, 11) is -2.32. The molecule has 0 N–H and O–H groups in total. The minimum absolute atomic E-state index is 0.00926. The molecule has 1 unspecified atom stereocenters. The van der Waals surface area contributed by atoms with Gasteiger partial charge in [0.25, 0.3) is 0 Å². The van der Waals surface area contributed by atoms with Crippen molar-refractivity contribution in [1.82, 2.24) is 0 Å². The van der Waals surface area contributed by atoms with Gasteiger partial charge in [0, 0.05) is 0 Å². The van der Waals surface area contributed by atoms with Crippen LogP contribution in [-0.2, 0) is 14.6 Å². The van der Waals surface area contributed by atoms with Gasteiger partial charge in [0.1, 0.15) is 6.04 Å². The number of carbonyl (C=O) groups is 1. The van der Waals surface area contributed by atoms with Crippen molar-refractivity contribution in [3.05, 3.63) is 34.2 Å². The van der Waals surface area contributed by atoms with Gasteiger partial charge in [0.15, 0.2) is 9.84 Å². The van der Waals surface area contributed by atoms with Gasteiger partial charge < -0.3 is 4.74 Å². The Balaban J connectivity index is 2.60. The van der Waals surface area contributed by atoms with Gasteiger partial charge >= 0.3 is 5.97 Å². The molecule has 0 radical (unpaired) electrons. The van der Waals surface area contributed by atoms with E-state index in [1.54, 1.807) is 0 Å². The molecule has 0 aliphatic carbocycles. The van der Waals surface area contributed by atoms with Gasteiger partial charge in [-0.3, -0.25) is 0 Å². The summed E-state index contributed by atoms with van der Waals surface area (Å²) in [5.74, 6) is -0.957. The van der Waals surface area contributed by atoms with Crippen LogP contribution in [0.3, 0.4) is 0 Å². The molecule has 0 spiro atoms. The Labute approximate surface area is 97.5 Å². The lowest BCUT2D eigenvalue weighted by molar-refractivity contribution is 0.0600.